The van der Waals surface area contributed by atoms with Crippen LogP contribution in [0.15, 0.2) is 41.4 Å². The van der Waals surface area contributed by atoms with E-state index in [0.29, 0.717) is 11.3 Å². The number of nitrogens with one attached hydrogen (secondary N) is 1. The van der Waals surface area contributed by atoms with Crippen LogP contribution >= 0.6 is 0 Å². The highest BCUT2D eigenvalue weighted by Crippen LogP contribution is 2.37. The number of rotatable bonds is 4. The zero-order valence-corrected chi connectivity index (χ0v) is 13.9. The van der Waals surface area contributed by atoms with E-state index in [9.17, 15) is 17.6 Å². The van der Waals surface area contributed by atoms with Crippen molar-refractivity contribution >= 4 is 11.7 Å². The van der Waals surface area contributed by atoms with Crippen LogP contribution in [0.5, 0.6) is 0 Å². The Balaban J connectivity index is 1.87. The molecule has 138 valence electrons. The van der Waals surface area contributed by atoms with Crippen LogP contribution in [0.3, 0.4) is 0 Å². The van der Waals surface area contributed by atoms with Crippen molar-refractivity contribution in [3.05, 3.63) is 65.0 Å². The molecule has 2 aromatic rings. The summed E-state index contributed by atoms with van der Waals surface area (Å²) < 4.78 is 60.1. The molecule has 0 aromatic heterocycles. The van der Waals surface area contributed by atoms with Crippen LogP contribution in [-0.4, -0.2) is 18.8 Å². The van der Waals surface area contributed by atoms with Gasteiger partial charge in [0.1, 0.15) is 29.6 Å². The van der Waals surface area contributed by atoms with Gasteiger partial charge in [0.05, 0.1) is 0 Å². The minimum atomic E-state index is -1.59. The van der Waals surface area contributed by atoms with Gasteiger partial charge in [-0.25, -0.2) is 22.6 Å². The monoisotopic (exact) mass is 367 g/mol. The van der Waals surface area contributed by atoms with Crippen molar-refractivity contribution in [1.82, 2.24) is 0 Å². The zero-order valence-electron chi connectivity index (χ0n) is 13.9. The van der Waals surface area contributed by atoms with Gasteiger partial charge < -0.3 is 15.8 Å². The number of anilines is 1. The molecule has 3 rings (SSSR count). The first kappa shape index (κ1) is 18.0. The Bertz CT molecular complexity index is 838. The van der Waals surface area contributed by atoms with Crippen LogP contribution in [0.25, 0.3) is 0 Å². The third-order valence-electron chi connectivity index (χ3n) is 4.26. The summed E-state index contributed by atoms with van der Waals surface area (Å²) in [6.45, 7) is 1.20. The second-order valence-corrected chi connectivity index (χ2v) is 6.20. The molecule has 0 fully saturated rings. The van der Waals surface area contributed by atoms with Gasteiger partial charge in [0.15, 0.2) is 6.17 Å². The third kappa shape index (κ3) is 3.58. The Hall–Kier alpha value is -2.77. The Morgan fingerprint density at radius 1 is 1.19 bits per heavy atom. The lowest BCUT2D eigenvalue weighted by atomic mass is 9.86. The molecule has 0 saturated heterocycles. The first-order valence-corrected chi connectivity index (χ1v) is 7.89. The van der Waals surface area contributed by atoms with E-state index in [0.717, 1.165) is 6.07 Å². The average Bonchev–Trinajstić information content (AvgIpc) is 2.57. The average molecular weight is 367 g/mol. The molecule has 3 N–H and O–H groups in total. The van der Waals surface area contributed by atoms with E-state index in [4.69, 9.17) is 10.5 Å². The van der Waals surface area contributed by atoms with Crippen molar-refractivity contribution in [2.75, 3.05) is 11.9 Å². The van der Waals surface area contributed by atoms with Crippen molar-refractivity contribution in [3.8, 4) is 0 Å². The summed E-state index contributed by atoms with van der Waals surface area (Å²) in [5.74, 6) is -2.03. The number of nitrogens with zero attached hydrogens (tertiary/aromatic N) is 1. The largest absolute Gasteiger partial charge is 0.462 e. The summed E-state index contributed by atoms with van der Waals surface area (Å²) in [4.78, 5) is 3.94. The van der Waals surface area contributed by atoms with Crippen LogP contribution in [0.2, 0.25) is 0 Å². The quantitative estimate of drug-likeness (QED) is 0.812. The highest BCUT2D eigenvalue weighted by molar-refractivity contribution is 5.73. The summed E-state index contributed by atoms with van der Waals surface area (Å²) in [6.07, 6.45) is -1.59. The Kier molecular flexibility index (Phi) is 4.76. The number of ether oxygens (including phenoxy) is 1. The van der Waals surface area contributed by atoms with Gasteiger partial charge in [-0.05, 0) is 42.8 Å². The van der Waals surface area contributed by atoms with Gasteiger partial charge in [-0.15, -0.1) is 0 Å². The van der Waals surface area contributed by atoms with E-state index >= 15 is 0 Å². The predicted molar refractivity (Wildman–Crippen MR) is 89.9 cm³/mol. The number of amidine groups is 1. The maximum atomic E-state index is 14.4. The Morgan fingerprint density at radius 3 is 2.58 bits per heavy atom. The van der Waals surface area contributed by atoms with Gasteiger partial charge in [-0.2, -0.15) is 0 Å². The van der Waals surface area contributed by atoms with E-state index in [1.807, 2.05) is 0 Å². The van der Waals surface area contributed by atoms with Crippen molar-refractivity contribution in [2.24, 2.45) is 10.7 Å². The van der Waals surface area contributed by atoms with E-state index < -0.39 is 29.2 Å². The highest BCUT2D eigenvalue weighted by atomic mass is 19.1. The van der Waals surface area contributed by atoms with E-state index in [1.165, 1.54) is 37.3 Å². The molecule has 1 heterocycles. The van der Waals surface area contributed by atoms with Crippen LogP contribution in [0, 0.1) is 17.5 Å². The molecule has 0 spiro atoms. The second-order valence-electron chi connectivity index (χ2n) is 6.20. The fourth-order valence-corrected chi connectivity index (χ4v) is 2.82. The maximum Gasteiger partial charge on any atom is 0.283 e. The van der Waals surface area contributed by atoms with Gasteiger partial charge in [-0.1, -0.05) is 0 Å². The molecule has 8 heteroatoms. The van der Waals surface area contributed by atoms with Crippen LogP contribution in [0.4, 0.5) is 23.2 Å². The molecule has 2 aromatic carbocycles. The molecule has 4 nitrogen and oxygen atoms in total. The first-order valence-electron chi connectivity index (χ1n) is 7.89. The SMILES string of the molecule is CC1(c2cc(NCc3cc(F)cc(F)c3)ccc2F)N=C(N)OCC1F. The number of alkyl halides is 1. The lowest BCUT2D eigenvalue weighted by Crippen LogP contribution is -2.43. The topological polar surface area (TPSA) is 59.6 Å². The molecule has 26 heavy (non-hydrogen) atoms. The molecular formula is C18H17F4N3O. The van der Waals surface area contributed by atoms with Gasteiger partial charge in [0.25, 0.3) is 6.02 Å². The normalized spacial score (nSPS) is 22.5. The van der Waals surface area contributed by atoms with Crippen molar-refractivity contribution in [2.45, 2.75) is 25.2 Å². The molecule has 0 amide bonds. The fourth-order valence-electron chi connectivity index (χ4n) is 2.82. The van der Waals surface area contributed by atoms with Crippen molar-refractivity contribution in [1.29, 1.82) is 0 Å². The van der Waals surface area contributed by atoms with E-state index in [-0.39, 0.29) is 24.7 Å². The smallest absolute Gasteiger partial charge is 0.283 e. The molecule has 1 aliphatic rings. The predicted octanol–water partition coefficient (Wildman–Crippen LogP) is 3.61. The first-order chi connectivity index (χ1) is 12.3. The maximum absolute atomic E-state index is 14.4. The van der Waals surface area contributed by atoms with E-state index in [2.05, 4.69) is 10.3 Å². The molecule has 0 saturated carbocycles. The number of halogens is 4. The summed E-state index contributed by atoms with van der Waals surface area (Å²) in [7, 11) is 0. The lowest BCUT2D eigenvalue weighted by Gasteiger charge is -2.33. The lowest BCUT2D eigenvalue weighted by molar-refractivity contribution is 0.0923. The summed E-state index contributed by atoms with van der Waals surface area (Å²) in [5.41, 5.74) is 4.80. The minimum absolute atomic E-state index is 0.00618. The van der Waals surface area contributed by atoms with Gasteiger partial charge in [0.2, 0.25) is 0 Å². The van der Waals surface area contributed by atoms with Crippen LogP contribution in [0.1, 0.15) is 18.1 Å². The van der Waals surface area contributed by atoms with Crippen molar-refractivity contribution in [3.63, 3.8) is 0 Å². The van der Waals surface area contributed by atoms with Gasteiger partial charge in [-0.3, -0.25) is 0 Å². The third-order valence-corrected chi connectivity index (χ3v) is 4.26. The highest BCUT2D eigenvalue weighted by Gasteiger charge is 2.42. The standard InChI is InChI=1S/C18H17F4N3O/c1-18(16(22)9-26-17(23)25-18)14-7-13(2-3-15(14)21)24-8-10-4-11(19)6-12(20)5-10/h2-7,16,24H,8-9H2,1H3,(H2,23,25). The second kappa shape index (κ2) is 6.86. The zero-order chi connectivity index (χ0) is 18.9. The fraction of sp³-hybridized carbons (Fsp3) is 0.278. The Morgan fingerprint density at radius 2 is 1.88 bits per heavy atom. The molecule has 0 radical (unpaired) electrons. The van der Waals surface area contributed by atoms with Crippen LogP contribution < -0.4 is 11.1 Å². The molecule has 0 aliphatic carbocycles. The number of nitrogens with two attached hydrogens (primary N) is 1. The summed E-state index contributed by atoms with van der Waals surface area (Å²) in [6, 6.07) is 6.94. The number of aliphatic imine (C=N–C) groups is 1. The molecule has 1 aliphatic heterocycles. The molecule has 2 unspecified atom stereocenters. The summed E-state index contributed by atoms with van der Waals surface area (Å²) in [5, 5.41) is 2.93. The minimum Gasteiger partial charge on any atom is -0.462 e. The van der Waals surface area contributed by atoms with Crippen LogP contribution in [-0.2, 0) is 16.8 Å². The molecule has 0 bridgehead atoms. The van der Waals surface area contributed by atoms with E-state index in [1.54, 1.807) is 0 Å². The number of hydrogen-bond donors (Lipinski definition) is 2. The molecular weight excluding hydrogens is 350 g/mol. The summed E-state index contributed by atoms with van der Waals surface area (Å²) >= 11 is 0. The van der Waals surface area contributed by atoms with Crippen molar-refractivity contribution < 1.29 is 22.3 Å². The Labute approximate surface area is 147 Å². The molecule has 2 atom stereocenters. The van der Waals surface area contributed by atoms with Gasteiger partial charge >= 0.3 is 0 Å². The number of benzene rings is 2. The number of hydrogen-bond acceptors (Lipinski definition) is 4. The van der Waals surface area contributed by atoms with Gasteiger partial charge in [0, 0.05) is 23.9 Å².